The summed E-state index contributed by atoms with van der Waals surface area (Å²) in [5.41, 5.74) is 8.57. The van der Waals surface area contributed by atoms with Crippen molar-refractivity contribution < 1.29 is 4.57 Å². The van der Waals surface area contributed by atoms with Gasteiger partial charge < -0.3 is 0 Å². The Labute approximate surface area is 113 Å². The highest BCUT2D eigenvalue weighted by Gasteiger charge is 2.08. The van der Waals surface area contributed by atoms with Crippen LogP contribution in [0.1, 0.15) is 17.5 Å². The van der Waals surface area contributed by atoms with Gasteiger partial charge in [0.05, 0.1) is 16.5 Å². The quantitative estimate of drug-likeness (QED) is 0.882. The molecule has 0 saturated carbocycles. The Bertz CT molecular complexity index is 491. The number of hydrogen-bond donors (Lipinski definition) is 1. The summed E-state index contributed by atoms with van der Waals surface area (Å²) in [4.78, 5) is 4.06. The maximum atomic E-state index is 5.78. The van der Waals surface area contributed by atoms with Crippen molar-refractivity contribution in [2.75, 3.05) is 5.73 Å². The van der Waals surface area contributed by atoms with E-state index in [9.17, 15) is 0 Å². The normalized spacial score (nSPS) is 10.7. The summed E-state index contributed by atoms with van der Waals surface area (Å²) >= 11 is 5.35. The number of anilines is 1. The van der Waals surface area contributed by atoms with E-state index < -0.39 is 0 Å². The molecule has 2 aromatic heterocycles. The van der Waals surface area contributed by atoms with Crippen LogP contribution in [0, 0.1) is 6.92 Å². The fourth-order valence-corrected chi connectivity index (χ4v) is 3.38. The van der Waals surface area contributed by atoms with Crippen LogP contribution in [0.3, 0.4) is 0 Å². The lowest BCUT2D eigenvalue weighted by molar-refractivity contribution is -0.685. The highest BCUT2D eigenvalue weighted by atomic mass is 79.9. The van der Waals surface area contributed by atoms with Crippen molar-refractivity contribution in [1.82, 2.24) is 4.98 Å². The molecule has 0 aliphatic rings. The molecular formula is C12H15BrN3S+. The molecule has 0 saturated heterocycles. The van der Waals surface area contributed by atoms with Gasteiger partial charge in [-0.1, -0.05) is 4.98 Å². The topological polar surface area (TPSA) is 42.8 Å². The molecular weight excluding hydrogens is 298 g/mol. The Morgan fingerprint density at radius 3 is 3.00 bits per heavy atom. The Morgan fingerprint density at radius 1 is 1.53 bits per heavy atom. The second-order valence-corrected chi connectivity index (χ2v) is 6.14. The SMILES string of the molecule is Cc1csc(Br)c1CCC[n+]1cccnc1N. The first-order valence-electron chi connectivity index (χ1n) is 5.51. The molecule has 0 aliphatic heterocycles. The van der Waals surface area contributed by atoms with Gasteiger partial charge in [-0.15, -0.1) is 11.3 Å². The van der Waals surface area contributed by atoms with E-state index in [1.165, 1.54) is 14.9 Å². The predicted molar refractivity (Wildman–Crippen MR) is 73.9 cm³/mol. The van der Waals surface area contributed by atoms with Crippen LogP contribution in [0.2, 0.25) is 0 Å². The number of nitrogens with zero attached hydrogens (tertiary/aromatic N) is 2. The second-order valence-electron chi connectivity index (χ2n) is 3.95. The van der Waals surface area contributed by atoms with E-state index in [0.29, 0.717) is 5.95 Å². The highest BCUT2D eigenvalue weighted by Crippen LogP contribution is 2.28. The van der Waals surface area contributed by atoms with Crippen LogP contribution >= 0.6 is 27.3 Å². The first kappa shape index (κ1) is 12.5. The third-order valence-corrected chi connectivity index (χ3v) is 4.70. The summed E-state index contributed by atoms with van der Waals surface area (Å²) in [6, 6.07) is 1.90. The molecule has 0 spiro atoms. The highest BCUT2D eigenvalue weighted by molar-refractivity contribution is 9.11. The fraction of sp³-hybridized carbons (Fsp3) is 0.333. The van der Waals surface area contributed by atoms with Crippen molar-refractivity contribution >= 4 is 33.2 Å². The van der Waals surface area contributed by atoms with E-state index in [2.05, 4.69) is 33.2 Å². The zero-order valence-electron chi connectivity index (χ0n) is 9.69. The van der Waals surface area contributed by atoms with Crippen molar-refractivity contribution in [2.24, 2.45) is 0 Å². The smallest absolute Gasteiger partial charge is 0.287 e. The summed E-state index contributed by atoms with van der Waals surface area (Å²) < 4.78 is 3.23. The van der Waals surface area contributed by atoms with Crippen molar-refractivity contribution in [1.29, 1.82) is 0 Å². The lowest BCUT2D eigenvalue weighted by Gasteiger charge is -2.03. The minimum atomic E-state index is 0.577. The zero-order valence-corrected chi connectivity index (χ0v) is 12.1. The first-order chi connectivity index (χ1) is 8.18. The Hall–Kier alpha value is -0.940. The van der Waals surface area contributed by atoms with Gasteiger partial charge in [-0.3, -0.25) is 5.73 Å². The van der Waals surface area contributed by atoms with Crippen molar-refractivity contribution in [2.45, 2.75) is 26.3 Å². The Kier molecular flexibility index (Phi) is 4.12. The summed E-state index contributed by atoms with van der Waals surface area (Å²) in [6.45, 7) is 3.06. The van der Waals surface area contributed by atoms with Gasteiger partial charge in [0, 0.05) is 6.07 Å². The molecule has 0 radical (unpaired) electrons. The average molecular weight is 313 g/mol. The summed E-state index contributed by atoms with van der Waals surface area (Å²) in [6.07, 6.45) is 5.82. The van der Waals surface area contributed by atoms with Gasteiger partial charge in [0.2, 0.25) is 0 Å². The third-order valence-electron chi connectivity index (χ3n) is 2.73. The summed E-state index contributed by atoms with van der Waals surface area (Å²) in [7, 11) is 0. The number of nitrogens with two attached hydrogens (primary N) is 1. The molecule has 17 heavy (non-hydrogen) atoms. The van der Waals surface area contributed by atoms with Crippen LogP contribution in [0.5, 0.6) is 0 Å². The maximum absolute atomic E-state index is 5.78. The van der Waals surface area contributed by atoms with Crippen molar-refractivity contribution in [3.05, 3.63) is 38.8 Å². The third kappa shape index (κ3) is 3.04. The van der Waals surface area contributed by atoms with E-state index >= 15 is 0 Å². The lowest BCUT2D eigenvalue weighted by atomic mass is 10.1. The van der Waals surface area contributed by atoms with E-state index in [4.69, 9.17) is 5.73 Å². The molecule has 0 atom stereocenters. The summed E-state index contributed by atoms with van der Waals surface area (Å²) in [5.74, 6) is 0.577. The standard InChI is InChI=1S/C12H14BrN3S/c1-9-8-17-11(13)10(9)4-2-6-16-7-3-5-15-12(16)14/h3,5,7-8,14H,2,4,6H2,1H3/p+1. The molecule has 3 nitrogen and oxygen atoms in total. The molecule has 0 aliphatic carbocycles. The zero-order chi connectivity index (χ0) is 12.3. The van der Waals surface area contributed by atoms with Gasteiger partial charge in [-0.25, -0.2) is 4.57 Å². The lowest BCUT2D eigenvalue weighted by Crippen LogP contribution is -2.37. The van der Waals surface area contributed by atoms with Crippen LogP contribution in [0.25, 0.3) is 0 Å². The van der Waals surface area contributed by atoms with Crippen LogP contribution in [0.4, 0.5) is 5.95 Å². The van der Waals surface area contributed by atoms with Gasteiger partial charge in [-0.2, -0.15) is 0 Å². The molecule has 2 rings (SSSR count). The molecule has 5 heteroatoms. The number of thiophene rings is 1. The number of hydrogen-bond acceptors (Lipinski definition) is 3. The first-order valence-corrected chi connectivity index (χ1v) is 7.18. The largest absolute Gasteiger partial charge is 0.389 e. The van der Waals surface area contributed by atoms with Gasteiger partial charge in [-0.05, 0) is 52.2 Å². The minimum Gasteiger partial charge on any atom is -0.287 e. The van der Waals surface area contributed by atoms with Gasteiger partial charge >= 0.3 is 5.95 Å². The van der Waals surface area contributed by atoms with Gasteiger partial charge in [0.25, 0.3) is 0 Å². The molecule has 0 unspecified atom stereocenters. The van der Waals surface area contributed by atoms with Crippen LogP contribution in [-0.4, -0.2) is 4.98 Å². The van der Waals surface area contributed by atoms with Gasteiger partial charge in [0.1, 0.15) is 6.20 Å². The maximum Gasteiger partial charge on any atom is 0.389 e. The number of rotatable bonds is 4. The molecule has 0 bridgehead atoms. The van der Waals surface area contributed by atoms with Gasteiger partial charge in [0.15, 0.2) is 0 Å². The predicted octanol–water partition coefficient (Wildman–Crippen LogP) is 2.72. The van der Waals surface area contributed by atoms with Crippen molar-refractivity contribution in [3.8, 4) is 0 Å². The molecule has 2 heterocycles. The minimum absolute atomic E-state index is 0.577. The van der Waals surface area contributed by atoms with E-state index in [0.717, 1.165) is 19.4 Å². The van der Waals surface area contributed by atoms with E-state index in [-0.39, 0.29) is 0 Å². The summed E-state index contributed by atoms with van der Waals surface area (Å²) in [5, 5.41) is 2.19. The molecule has 2 aromatic rings. The Morgan fingerprint density at radius 2 is 2.35 bits per heavy atom. The van der Waals surface area contributed by atoms with E-state index in [1.54, 1.807) is 17.5 Å². The molecule has 90 valence electrons. The number of nitrogen functional groups attached to an aromatic ring is 1. The second kappa shape index (κ2) is 5.60. The number of aromatic nitrogens is 2. The van der Waals surface area contributed by atoms with Crippen LogP contribution in [0.15, 0.2) is 27.6 Å². The van der Waals surface area contributed by atoms with Crippen LogP contribution < -0.4 is 10.3 Å². The molecule has 0 amide bonds. The number of aryl methyl sites for hydroxylation is 2. The van der Waals surface area contributed by atoms with Crippen LogP contribution in [-0.2, 0) is 13.0 Å². The van der Waals surface area contributed by atoms with Crippen molar-refractivity contribution in [3.63, 3.8) is 0 Å². The molecule has 0 aromatic carbocycles. The Balaban J connectivity index is 1.95. The van der Waals surface area contributed by atoms with E-state index in [1.807, 2.05) is 16.8 Å². The molecule has 2 N–H and O–H groups in total. The monoisotopic (exact) mass is 312 g/mol. The molecule has 0 fully saturated rings. The number of halogens is 1. The average Bonchev–Trinajstić information content (AvgIpc) is 2.63. The fourth-order valence-electron chi connectivity index (χ4n) is 1.76.